The fraction of sp³-hybridized carbons (Fsp3) is 0.0714. The van der Waals surface area contributed by atoms with Crippen LogP contribution in [0.4, 0.5) is 5.69 Å². The minimum Gasteiger partial charge on any atom is -0.358 e. The summed E-state index contributed by atoms with van der Waals surface area (Å²) in [6.07, 6.45) is 0. The Kier molecular flexibility index (Phi) is 5.97. The minimum atomic E-state index is 0.458. The molecule has 2 N–H and O–H groups in total. The first kappa shape index (κ1) is 16.7. The summed E-state index contributed by atoms with van der Waals surface area (Å²) < 4.78 is 0. The normalized spacial score (nSPS) is 10.3. The molecule has 0 atom stereocenters. The molecule has 0 bridgehead atoms. The molecule has 0 radical (unpaired) electrons. The highest BCUT2D eigenvalue weighted by Gasteiger charge is 2.04. The predicted octanol–water partition coefficient (Wildman–Crippen LogP) is 5.79. The maximum Gasteiger partial charge on any atom is 0.171 e. The van der Waals surface area contributed by atoms with Gasteiger partial charge >= 0.3 is 0 Å². The van der Waals surface area contributed by atoms with E-state index in [2.05, 4.69) is 10.6 Å². The molecule has 7 heteroatoms. The summed E-state index contributed by atoms with van der Waals surface area (Å²) in [7, 11) is 0. The molecule has 0 aromatic heterocycles. The highest BCUT2D eigenvalue weighted by molar-refractivity contribution is 7.80. The number of benzene rings is 2. The first-order chi connectivity index (χ1) is 9.95. The smallest absolute Gasteiger partial charge is 0.171 e. The number of rotatable bonds is 3. The van der Waals surface area contributed by atoms with Gasteiger partial charge in [0.05, 0.1) is 10.0 Å². The summed E-state index contributed by atoms with van der Waals surface area (Å²) in [5.74, 6) is 0. The third-order valence-corrected chi connectivity index (χ3v) is 4.20. The molecule has 0 aliphatic carbocycles. The summed E-state index contributed by atoms with van der Waals surface area (Å²) in [6.45, 7) is 0.489. The van der Waals surface area contributed by atoms with Crippen molar-refractivity contribution in [3.63, 3.8) is 0 Å². The fourth-order valence-electron chi connectivity index (χ4n) is 1.59. The van der Waals surface area contributed by atoms with Gasteiger partial charge in [-0.25, -0.2) is 0 Å². The van der Waals surface area contributed by atoms with Crippen molar-refractivity contribution < 1.29 is 0 Å². The quantitative estimate of drug-likeness (QED) is 0.660. The van der Waals surface area contributed by atoms with Crippen LogP contribution in [0.25, 0.3) is 0 Å². The minimum absolute atomic E-state index is 0.458. The Morgan fingerprint density at radius 3 is 2.33 bits per heavy atom. The van der Waals surface area contributed by atoms with Gasteiger partial charge in [-0.05, 0) is 48.1 Å². The molecule has 0 aliphatic heterocycles. The van der Waals surface area contributed by atoms with E-state index in [1.165, 1.54) is 0 Å². The monoisotopic (exact) mass is 378 g/mol. The second-order valence-electron chi connectivity index (χ2n) is 4.17. The van der Waals surface area contributed by atoms with Crippen LogP contribution in [0.5, 0.6) is 0 Å². The largest absolute Gasteiger partial charge is 0.358 e. The second-order valence-corrected chi connectivity index (χ2v) is 6.24. The SMILES string of the molecule is S=C(NCc1ccc(Cl)cc1Cl)Nc1ccc(Cl)c(Cl)c1. The zero-order chi connectivity index (χ0) is 15.4. The number of hydrogen-bond acceptors (Lipinski definition) is 1. The molecule has 0 heterocycles. The van der Waals surface area contributed by atoms with E-state index < -0.39 is 0 Å². The molecule has 0 saturated heterocycles. The van der Waals surface area contributed by atoms with Crippen LogP contribution in [0.2, 0.25) is 20.1 Å². The molecule has 0 aliphatic rings. The Bertz CT molecular complexity index is 676. The summed E-state index contributed by atoms with van der Waals surface area (Å²) in [5, 5.41) is 8.68. The highest BCUT2D eigenvalue weighted by Crippen LogP contribution is 2.25. The van der Waals surface area contributed by atoms with E-state index in [-0.39, 0.29) is 0 Å². The van der Waals surface area contributed by atoms with Crippen LogP contribution in [-0.4, -0.2) is 5.11 Å². The lowest BCUT2D eigenvalue weighted by Gasteiger charge is -2.12. The molecule has 2 nitrogen and oxygen atoms in total. The van der Waals surface area contributed by atoms with Crippen LogP contribution in [0.1, 0.15) is 5.56 Å². The van der Waals surface area contributed by atoms with Gasteiger partial charge in [0.2, 0.25) is 0 Å². The second kappa shape index (κ2) is 7.52. The lowest BCUT2D eigenvalue weighted by molar-refractivity contribution is 0.926. The molecular weight excluding hydrogens is 370 g/mol. The Morgan fingerprint density at radius 2 is 1.67 bits per heavy atom. The summed E-state index contributed by atoms with van der Waals surface area (Å²) in [6, 6.07) is 10.5. The lowest BCUT2D eigenvalue weighted by Crippen LogP contribution is -2.27. The zero-order valence-electron chi connectivity index (χ0n) is 10.6. The Labute approximate surface area is 148 Å². The third kappa shape index (κ3) is 4.90. The van der Waals surface area contributed by atoms with Gasteiger partial charge in [0.15, 0.2) is 5.11 Å². The van der Waals surface area contributed by atoms with Gasteiger partial charge in [-0.1, -0.05) is 52.5 Å². The number of hydrogen-bond donors (Lipinski definition) is 2. The van der Waals surface area contributed by atoms with E-state index in [1.807, 2.05) is 6.07 Å². The van der Waals surface area contributed by atoms with Crippen LogP contribution < -0.4 is 10.6 Å². The fourth-order valence-corrected chi connectivity index (χ4v) is 2.55. The predicted molar refractivity (Wildman–Crippen MR) is 96.0 cm³/mol. The van der Waals surface area contributed by atoms with Crippen molar-refractivity contribution in [2.24, 2.45) is 0 Å². The summed E-state index contributed by atoms with van der Waals surface area (Å²) in [5.41, 5.74) is 1.66. The van der Waals surface area contributed by atoms with Crippen molar-refractivity contribution in [1.29, 1.82) is 0 Å². The first-order valence-corrected chi connectivity index (χ1v) is 7.81. The summed E-state index contributed by atoms with van der Waals surface area (Å²) >= 11 is 28.9. The van der Waals surface area contributed by atoms with E-state index in [0.717, 1.165) is 11.3 Å². The van der Waals surface area contributed by atoms with Crippen molar-refractivity contribution in [3.05, 3.63) is 62.1 Å². The standard InChI is InChI=1S/C14H10Cl4N2S/c15-9-2-1-8(12(17)5-9)7-19-14(21)20-10-3-4-11(16)13(18)6-10/h1-6H,7H2,(H2,19,20,21). The van der Waals surface area contributed by atoms with E-state index in [0.29, 0.717) is 31.7 Å². The van der Waals surface area contributed by atoms with Gasteiger partial charge in [0.25, 0.3) is 0 Å². The van der Waals surface area contributed by atoms with Crippen molar-refractivity contribution >= 4 is 69.4 Å². The van der Waals surface area contributed by atoms with Gasteiger partial charge in [-0.3, -0.25) is 0 Å². The highest BCUT2D eigenvalue weighted by atomic mass is 35.5. The Balaban J connectivity index is 1.94. The Morgan fingerprint density at radius 1 is 0.905 bits per heavy atom. The van der Waals surface area contributed by atoms with Gasteiger partial charge in [0, 0.05) is 22.3 Å². The number of nitrogens with one attached hydrogen (secondary N) is 2. The topological polar surface area (TPSA) is 24.1 Å². The van der Waals surface area contributed by atoms with Crippen LogP contribution in [0, 0.1) is 0 Å². The number of anilines is 1. The van der Waals surface area contributed by atoms with Crippen LogP contribution in [0.3, 0.4) is 0 Å². The van der Waals surface area contributed by atoms with Crippen molar-refractivity contribution in [2.45, 2.75) is 6.54 Å². The maximum atomic E-state index is 6.09. The first-order valence-electron chi connectivity index (χ1n) is 5.89. The van der Waals surface area contributed by atoms with Crippen molar-refractivity contribution in [2.75, 3.05) is 5.32 Å². The molecule has 0 unspecified atom stereocenters. The number of halogens is 4. The van der Waals surface area contributed by atoms with Gasteiger partial charge in [-0.2, -0.15) is 0 Å². The van der Waals surface area contributed by atoms with E-state index in [9.17, 15) is 0 Å². The molecular formula is C14H10Cl4N2S. The van der Waals surface area contributed by atoms with Crippen molar-refractivity contribution in [3.8, 4) is 0 Å². The molecule has 0 fully saturated rings. The maximum absolute atomic E-state index is 6.09. The summed E-state index contributed by atoms with van der Waals surface area (Å²) in [4.78, 5) is 0. The van der Waals surface area contributed by atoms with E-state index in [1.54, 1.807) is 30.3 Å². The van der Waals surface area contributed by atoms with Crippen LogP contribution in [0.15, 0.2) is 36.4 Å². The van der Waals surface area contributed by atoms with Crippen molar-refractivity contribution in [1.82, 2.24) is 5.32 Å². The molecule has 0 spiro atoms. The molecule has 21 heavy (non-hydrogen) atoms. The lowest BCUT2D eigenvalue weighted by atomic mass is 10.2. The van der Waals surface area contributed by atoms with Crippen LogP contribution in [-0.2, 0) is 6.54 Å². The molecule has 2 rings (SSSR count). The average molecular weight is 380 g/mol. The molecule has 110 valence electrons. The van der Waals surface area contributed by atoms with Gasteiger partial charge in [-0.15, -0.1) is 0 Å². The zero-order valence-corrected chi connectivity index (χ0v) is 14.4. The molecule has 0 saturated carbocycles. The average Bonchev–Trinajstić information content (AvgIpc) is 2.42. The Hall–Kier alpha value is -0.710. The molecule has 2 aromatic rings. The van der Waals surface area contributed by atoms with E-state index in [4.69, 9.17) is 58.6 Å². The third-order valence-electron chi connectivity index (χ3n) is 2.63. The van der Waals surface area contributed by atoms with Gasteiger partial charge in [0.1, 0.15) is 0 Å². The number of thiocarbonyl (C=S) groups is 1. The van der Waals surface area contributed by atoms with Crippen LogP contribution >= 0.6 is 58.6 Å². The van der Waals surface area contributed by atoms with E-state index >= 15 is 0 Å². The molecule has 0 amide bonds. The van der Waals surface area contributed by atoms with Gasteiger partial charge < -0.3 is 10.6 Å². The molecule has 2 aromatic carbocycles.